The van der Waals surface area contributed by atoms with E-state index in [1.165, 1.54) is 0 Å². The number of carbonyl (C=O) groups excluding carboxylic acids is 2. The van der Waals surface area contributed by atoms with E-state index in [-0.39, 0.29) is 19.1 Å². The van der Waals surface area contributed by atoms with Gasteiger partial charge in [-0.25, -0.2) is 4.68 Å². The summed E-state index contributed by atoms with van der Waals surface area (Å²) in [6.07, 6.45) is 0.878. The number of anilines is 1. The number of ether oxygens (including phenoxy) is 1. The molecule has 1 amide bonds. The van der Waals surface area contributed by atoms with E-state index in [0.29, 0.717) is 5.69 Å². The van der Waals surface area contributed by atoms with Gasteiger partial charge in [0.2, 0.25) is 5.91 Å². The van der Waals surface area contributed by atoms with Gasteiger partial charge in [0.1, 0.15) is 18.4 Å². The number of aromatic nitrogens is 3. The summed E-state index contributed by atoms with van der Waals surface area (Å²) in [6, 6.07) is 19.7. The van der Waals surface area contributed by atoms with E-state index in [9.17, 15) is 9.59 Å². The van der Waals surface area contributed by atoms with Crippen LogP contribution in [0, 0.1) is 20.8 Å². The molecule has 1 N–H and O–H groups in total. The fourth-order valence-corrected chi connectivity index (χ4v) is 4.29. The monoisotopic (exact) mass is 444 g/mol. The summed E-state index contributed by atoms with van der Waals surface area (Å²) in [5, 5.41) is 8.51. The SMILES string of the molecule is Cc1nn(-c2ccccc2)c(C)c1NC(=O)COCC(C)(C=O)n1c(C)cc2ccccc21. The molecule has 0 aliphatic carbocycles. The molecule has 2 aromatic heterocycles. The lowest BCUT2D eigenvalue weighted by molar-refractivity contribution is -0.125. The molecule has 0 saturated carbocycles. The Balaban J connectivity index is 1.45. The minimum Gasteiger partial charge on any atom is -0.369 e. The zero-order valence-electron chi connectivity index (χ0n) is 19.3. The summed E-state index contributed by atoms with van der Waals surface area (Å²) >= 11 is 0. The van der Waals surface area contributed by atoms with Crippen LogP contribution in [-0.4, -0.2) is 39.8 Å². The van der Waals surface area contributed by atoms with E-state index < -0.39 is 5.54 Å². The predicted octanol–water partition coefficient (Wildman–Crippen LogP) is 4.32. The number of nitrogens with zero attached hydrogens (tertiary/aromatic N) is 3. The standard InChI is InChI=1S/C26H28N4O3/c1-18-14-21-10-8-9-13-23(21)29(18)26(4,16-31)17-33-15-24(32)27-25-19(2)28-30(20(25)3)22-11-6-5-7-12-22/h5-14,16H,15,17H2,1-4H3,(H,27,32). The second-order valence-electron chi connectivity index (χ2n) is 8.49. The largest absolute Gasteiger partial charge is 0.369 e. The van der Waals surface area contributed by atoms with Crippen molar-refractivity contribution in [2.24, 2.45) is 0 Å². The number of hydrogen-bond acceptors (Lipinski definition) is 4. The van der Waals surface area contributed by atoms with Crippen LogP contribution < -0.4 is 5.32 Å². The summed E-state index contributed by atoms with van der Waals surface area (Å²) in [5.41, 5.74) is 4.12. The lowest BCUT2D eigenvalue weighted by Gasteiger charge is -2.28. The number of para-hydroxylation sites is 2. The Morgan fingerprint density at radius 3 is 2.52 bits per heavy atom. The predicted molar refractivity (Wildman–Crippen MR) is 129 cm³/mol. The quantitative estimate of drug-likeness (QED) is 0.411. The molecule has 0 saturated heterocycles. The van der Waals surface area contributed by atoms with Crippen molar-refractivity contribution in [3.05, 3.63) is 77.7 Å². The van der Waals surface area contributed by atoms with E-state index in [0.717, 1.165) is 40.0 Å². The van der Waals surface area contributed by atoms with E-state index in [1.807, 2.05) is 92.9 Å². The number of fused-ring (bicyclic) bond motifs is 1. The van der Waals surface area contributed by atoms with Gasteiger partial charge in [-0.1, -0.05) is 36.4 Å². The van der Waals surface area contributed by atoms with Crippen molar-refractivity contribution in [2.75, 3.05) is 18.5 Å². The van der Waals surface area contributed by atoms with Gasteiger partial charge in [-0.3, -0.25) is 4.79 Å². The number of carbonyl (C=O) groups is 2. The number of aryl methyl sites for hydroxylation is 2. The van der Waals surface area contributed by atoms with Gasteiger partial charge in [0.25, 0.3) is 0 Å². The first-order chi connectivity index (χ1) is 15.8. The molecule has 0 spiro atoms. The molecule has 7 heteroatoms. The minimum absolute atomic E-state index is 0.0741. The number of benzene rings is 2. The molecule has 7 nitrogen and oxygen atoms in total. The molecule has 0 fully saturated rings. The highest BCUT2D eigenvalue weighted by molar-refractivity contribution is 5.93. The Kier molecular flexibility index (Phi) is 6.16. The third-order valence-corrected chi connectivity index (χ3v) is 5.84. The number of nitrogens with one attached hydrogen (secondary N) is 1. The molecule has 0 aliphatic rings. The van der Waals surface area contributed by atoms with Gasteiger partial charge >= 0.3 is 0 Å². The molecule has 4 rings (SSSR count). The van der Waals surface area contributed by atoms with E-state index in [4.69, 9.17) is 4.74 Å². The fraction of sp³-hybridized carbons (Fsp3) is 0.269. The van der Waals surface area contributed by atoms with Crippen molar-refractivity contribution in [3.8, 4) is 5.69 Å². The minimum atomic E-state index is -0.933. The van der Waals surface area contributed by atoms with Crippen molar-refractivity contribution in [3.63, 3.8) is 0 Å². The fourth-order valence-electron chi connectivity index (χ4n) is 4.29. The Labute approximate surface area is 193 Å². The summed E-state index contributed by atoms with van der Waals surface area (Å²) in [4.78, 5) is 24.7. The first kappa shape index (κ1) is 22.5. The van der Waals surface area contributed by atoms with Gasteiger partial charge in [-0.05, 0) is 57.3 Å². The first-order valence-electron chi connectivity index (χ1n) is 10.9. The maximum Gasteiger partial charge on any atom is 0.250 e. The summed E-state index contributed by atoms with van der Waals surface area (Å²) in [7, 11) is 0. The highest BCUT2D eigenvalue weighted by Crippen LogP contribution is 2.27. The number of hydrogen-bond donors (Lipinski definition) is 1. The van der Waals surface area contributed by atoms with E-state index >= 15 is 0 Å². The van der Waals surface area contributed by atoms with Crippen LogP contribution in [-0.2, 0) is 19.9 Å². The third-order valence-electron chi connectivity index (χ3n) is 5.84. The molecule has 33 heavy (non-hydrogen) atoms. The van der Waals surface area contributed by atoms with Crippen LogP contribution in [0.4, 0.5) is 5.69 Å². The van der Waals surface area contributed by atoms with Crippen LogP contribution in [0.15, 0.2) is 60.7 Å². The second kappa shape index (κ2) is 9.03. The Bertz CT molecular complexity index is 1310. The summed E-state index contributed by atoms with van der Waals surface area (Å²) in [5.74, 6) is -0.295. The number of rotatable bonds is 8. The summed E-state index contributed by atoms with van der Waals surface area (Å²) in [6.45, 7) is 7.45. The van der Waals surface area contributed by atoms with Crippen LogP contribution in [0.5, 0.6) is 0 Å². The van der Waals surface area contributed by atoms with Gasteiger partial charge in [-0.15, -0.1) is 0 Å². The topological polar surface area (TPSA) is 78.2 Å². The van der Waals surface area contributed by atoms with Crippen molar-refractivity contribution >= 4 is 28.8 Å². The Hall–Kier alpha value is -3.71. The molecule has 0 bridgehead atoms. The van der Waals surface area contributed by atoms with E-state index in [2.05, 4.69) is 10.4 Å². The van der Waals surface area contributed by atoms with Crippen LogP contribution >= 0.6 is 0 Å². The van der Waals surface area contributed by atoms with E-state index in [1.54, 1.807) is 4.68 Å². The highest BCUT2D eigenvalue weighted by atomic mass is 16.5. The van der Waals surface area contributed by atoms with Gasteiger partial charge in [-0.2, -0.15) is 5.10 Å². The lowest BCUT2D eigenvalue weighted by Crippen LogP contribution is -2.38. The van der Waals surface area contributed by atoms with Crippen molar-refractivity contribution in [1.29, 1.82) is 0 Å². The maximum absolute atomic E-state index is 12.6. The van der Waals surface area contributed by atoms with Crippen LogP contribution in [0.2, 0.25) is 0 Å². The van der Waals surface area contributed by atoms with Crippen molar-refractivity contribution in [2.45, 2.75) is 33.2 Å². The Morgan fingerprint density at radius 2 is 1.79 bits per heavy atom. The molecule has 0 radical (unpaired) electrons. The highest BCUT2D eigenvalue weighted by Gasteiger charge is 2.29. The molecule has 1 unspecified atom stereocenters. The third kappa shape index (κ3) is 4.32. The Morgan fingerprint density at radius 1 is 1.09 bits per heavy atom. The van der Waals surface area contributed by atoms with Gasteiger partial charge in [0.05, 0.1) is 29.4 Å². The zero-order valence-corrected chi connectivity index (χ0v) is 19.3. The lowest BCUT2D eigenvalue weighted by atomic mass is 10.1. The summed E-state index contributed by atoms with van der Waals surface area (Å²) < 4.78 is 9.50. The molecule has 4 aromatic rings. The molecule has 170 valence electrons. The van der Waals surface area contributed by atoms with Crippen LogP contribution in [0.1, 0.15) is 24.0 Å². The second-order valence-corrected chi connectivity index (χ2v) is 8.49. The normalized spacial score (nSPS) is 13.1. The van der Waals surface area contributed by atoms with Gasteiger partial charge in [0.15, 0.2) is 0 Å². The van der Waals surface area contributed by atoms with Crippen molar-refractivity contribution < 1.29 is 14.3 Å². The average molecular weight is 445 g/mol. The molecule has 2 aromatic carbocycles. The molecule has 1 atom stereocenters. The van der Waals surface area contributed by atoms with Crippen LogP contribution in [0.3, 0.4) is 0 Å². The van der Waals surface area contributed by atoms with Crippen molar-refractivity contribution in [1.82, 2.24) is 14.3 Å². The van der Waals surface area contributed by atoms with Gasteiger partial charge < -0.3 is 19.4 Å². The molecular weight excluding hydrogens is 416 g/mol. The maximum atomic E-state index is 12.6. The van der Waals surface area contributed by atoms with Crippen LogP contribution in [0.25, 0.3) is 16.6 Å². The first-order valence-corrected chi connectivity index (χ1v) is 10.9. The molecular formula is C26H28N4O3. The molecule has 0 aliphatic heterocycles. The number of amides is 1. The smallest absolute Gasteiger partial charge is 0.250 e. The van der Waals surface area contributed by atoms with Gasteiger partial charge in [0, 0.05) is 11.2 Å². The number of aldehydes is 1. The average Bonchev–Trinajstić information content (AvgIpc) is 3.30. The zero-order chi connectivity index (χ0) is 23.6. The molecule has 2 heterocycles.